The Labute approximate surface area is 350 Å². The van der Waals surface area contributed by atoms with Gasteiger partial charge in [0, 0.05) is 76.4 Å². The summed E-state index contributed by atoms with van der Waals surface area (Å²) in [6.45, 7) is 9.30. The topological polar surface area (TPSA) is 191 Å². The third kappa shape index (κ3) is 7.08. The van der Waals surface area contributed by atoms with Crippen molar-refractivity contribution >= 4 is 75.2 Å². The number of likely N-dealkylation sites (N-methyl/N-ethyl adjacent to an activating group) is 1. The molecule has 18 heteroatoms. The highest BCUT2D eigenvalue weighted by atomic mass is 35.5. The number of aromatic nitrogens is 3. The second kappa shape index (κ2) is 15.5. The molecule has 5 amide bonds. The van der Waals surface area contributed by atoms with Crippen LogP contribution in [0.4, 0.5) is 23.1 Å². The van der Waals surface area contributed by atoms with Crippen molar-refractivity contribution < 1.29 is 28.7 Å². The average molecular weight is 837 g/mol. The maximum absolute atomic E-state index is 13.7. The van der Waals surface area contributed by atoms with Crippen LogP contribution in [0, 0.1) is 17.8 Å². The molecular formula is C42H45ClN10O7. The summed E-state index contributed by atoms with van der Waals surface area (Å²) in [5.41, 5.74) is 2.49. The van der Waals surface area contributed by atoms with Crippen molar-refractivity contribution in [2.24, 2.45) is 17.8 Å². The van der Waals surface area contributed by atoms with Crippen LogP contribution in [-0.4, -0.2) is 119 Å². The van der Waals surface area contributed by atoms with Crippen LogP contribution in [0.1, 0.15) is 53.4 Å². The number of carbonyl (C=O) groups excluding carboxylic acids is 5. The number of fused-ring (bicyclic) bond motifs is 3. The van der Waals surface area contributed by atoms with E-state index in [4.69, 9.17) is 21.3 Å². The molecule has 0 spiro atoms. The lowest BCUT2D eigenvalue weighted by Gasteiger charge is -2.35. The molecule has 3 saturated heterocycles. The van der Waals surface area contributed by atoms with Crippen LogP contribution in [-0.2, 0) is 14.4 Å². The number of pyridine rings is 1. The minimum absolute atomic E-state index is 0.0808. The molecule has 1 saturated carbocycles. The van der Waals surface area contributed by atoms with Crippen molar-refractivity contribution in [1.29, 1.82) is 0 Å². The van der Waals surface area contributed by atoms with Gasteiger partial charge in [-0.15, -0.1) is 0 Å². The number of hydrogen-bond donors (Lipinski definition) is 3. The molecule has 0 bridgehead atoms. The first-order valence-corrected chi connectivity index (χ1v) is 20.7. The van der Waals surface area contributed by atoms with Crippen molar-refractivity contribution in [3.05, 3.63) is 75.2 Å². The normalized spacial score (nSPS) is 22.6. The number of ether oxygens (including phenoxy) is 1. The van der Waals surface area contributed by atoms with Gasteiger partial charge in [-0.3, -0.25) is 43.9 Å². The largest absolute Gasteiger partial charge is 0.478 e. The van der Waals surface area contributed by atoms with Gasteiger partial charge in [0.2, 0.25) is 17.8 Å². The highest BCUT2D eigenvalue weighted by Gasteiger charge is 2.57. The molecule has 3 N–H and O–H groups in total. The van der Waals surface area contributed by atoms with Crippen LogP contribution in [0.5, 0.6) is 5.75 Å². The van der Waals surface area contributed by atoms with E-state index in [0.717, 1.165) is 67.3 Å². The third-order valence-electron chi connectivity index (χ3n) is 12.4. The summed E-state index contributed by atoms with van der Waals surface area (Å²) in [7, 11) is 1.51. The lowest BCUT2D eigenvalue weighted by molar-refractivity contribution is -0.136. The third-order valence-corrected chi connectivity index (χ3v) is 12.7. The molecule has 0 radical (unpaired) electrons. The molecule has 9 rings (SSSR count). The highest BCUT2D eigenvalue weighted by molar-refractivity contribution is 6.33. The summed E-state index contributed by atoms with van der Waals surface area (Å²) in [6.07, 6.45) is 1.80. The number of rotatable bonds is 11. The minimum atomic E-state index is -0.992. The van der Waals surface area contributed by atoms with Crippen LogP contribution >= 0.6 is 11.6 Å². The standard InChI is InChI=1S/C42H45ClN10O7/c1-22(2)52-30-8-7-24(15-23(30)16-33(40(52)58)60-21-35(55)44-3)46-37-29(43)17-45-42(48-37)50-13-11-49(12-14-50)18-26-27-19-51(20-28(26)27)31-6-4-5-25-36(31)41(59)53(39(25)57)32-9-10-34(54)47-38(32)56/h4-8,15-17,22,26-28,32H,9-14,18-21H2,1-3H3,(H,44,55)(H,45,46,48)(H,47,54,56). The van der Waals surface area contributed by atoms with Gasteiger partial charge < -0.3 is 29.7 Å². The zero-order valence-corrected chi connectivity index (χ0v) is 34.2. The van der Waals surface area contributed by atoms with Gasteiger partial charge in [-0.1, -0.05) is 17.7 Å². The number of carbonyl (C=O) groups is 5. The average Bonchev–Trinajstić information content (AvgIpc) is 3.52. The van der Waals surface area contributed by atoms with Gasteiger partial charge in [0.15, 0.2) is 18.2 Å². The van der Waals surface area contributed by atoms with Gasteiger partial charge in [0.25, 0.3) is 23.3 Å². The molecule has 312 valence electrons. The summed E-state index contributed by atoms with van der Waals surface area (Å²) in [6, 6.07) is 11.4. The molecule has 2 aromatic carbocycles. The Morgan fingerprint density at radius 1 is 0.983 bits per heavy atom. The highest BCUT2D eigenvalue weighted by Crippen LogP contribution is 2.53. The molecule has 60 heavy (non-hydrogen) atoms. The maximum Gasteiger partial charge on any atom is 0.293 e. The number of benzene rings is 2. The second-order valence-corrected chi connectivity index (χ2v) is 16.7. The van der Waals surface area contributed by atoms with E-state index in [1.54, 1.807) is 29.0 Å². The molecule has 17 nitrogen and oxygen atoms in total. The van der Waals surface area contributed by atoms with Crippen molar-refractivity contribution in [2.75, 3.05) is 74.6 Å². The predicted molar refractivity (Wildman–Crippen MR) is 223 cm³/mol. The zero-order chi connectivity index (χ0) is 42.0. The molecule has 5 aliphatic rings. The van der Waals surface area contributed by atoms with Crippen LogP contribution in [0.2, 0.25) is 5.02 Å². The summed E-state index contributed by atoms with van der Waals surface area (Å²) in [5, 5.41) is 9.18. The molecule has 2 aromatic heterocycles. The van der Waals surface area contributed by atoms with E-state index in [0.29, 0.717) is 51.4 Å². The van der Waals surface area contributed by atoms with Crippen molar-refractivity contribution in [2.45, 2.75) is 38.8 Å². The quantitative estimate of drug-likeness (QED) is 0.187. The summed E-state index contributed by atoms with van der Waals surface area (Å²) < 4.78 is 7.25. The summed E-state index contributed by atoms with van der Waals surface area (Å²) >= 11 is 6.59. The van der Waals surface area contributed by atoms with Gasteiger partial charge in [-0.2, -0.15) is 4.98 Å². The fraction of sp³-hybridized carbons (Fsp3) is 0.429. The number of hydrogen-bond acceptors (Lipinski definition) is 13. The monoisotopic (exact) mass is 836 g/mol. The molecule has 1 aliphatic carbocycles. The molecule has 4 fully saturated rings. The first-order valence-electron chi connectivity index (χ1n) is 20.3. The van der Waals surface area contributed by atoms with Gasteiger partial charge >= 0.3 is 0 Å². The van der Waals surface area contributed by atoms with Crippen LogP contribution in [0.3, 0.4) is 0 Å². The Hall–Kier alpha value is -6.07. The Bertz CT molecular complexity index is 2510. The smallest absolute Gasteiger partial charge is 0.293 e. The number of amides is 5. The van der Waals surface area contributed by atoms with E-state index in [-0.39, 0.29) is 42.7 Å². The lowest BCUT2D eigenvalue weighted by atomic mass is 10.0. The number of halogens is 1. The lowest BCUT2D eigenvalue weighted by Crippen LogP contribution is -2.54. The Morgan fingerprint density at radius 2 is 1.75 bits per heavy atom. The Kier molecular flexibility index (Phi) is 10.2. The second-order valence-electron chi connectivity index (χ2n) is 16.3. The van der Waals surface area contributed by atoms with Crippen LogP contribution in [0.25, 0.3) is 10.9 Å². The van der Waals surface area contributed by atoms with E-state index in [1.807, 2.05) is 38.1 Å². The number of piperazine rings is 1. The summed E-state index contributed by atoms with van der Waals surface area (Å²) in [5.74, 6) is 0.298. The number of piperidine rings is 2. The van der Waals surface area contributed by atoms with Crippen molar-refractivity contribution in [3.63, 3.8) is 0 Å². The fourth-order valence-electron chi connectivity index (χ4n) is 9.27. The maximum atomic E-state index is 13.7. The Morgan fingerprint density at radius 3 is 2.47 bits per heavy atom. The molecule has 3 atom stereocenters. The van der Waals surface area contributed by atoms with Crippen molar-refractivity contribution in [1.82, 2.24) is 35.0 Å². The number of nitrogens with zero attached hydrogens (tertiary/aromatic N) is 7. The van der Waals surface area contributed by atoms with E-state index in [9.17, 15) is 28.8 Å². The SMILES string of the molecule is CNC(=O)COc1cc2cc(Nc3nc(N4CCN(CC5C6CN(c7cccc8c7C(=O)N(C7CCC(=O)NC7=O)C8=O)CC56)CC4)ncc3Cl)ccc2n(C(C)C)c1=O. The number of anilines is 4. The molecule has 6 heterocycles. The summed E-state index contributed by atoms with van der Waals surface area (Å²) in [4.78, 5) is 93.6. The first-order chi connectivity index (χ1) is 28.9. The number of nitrogens with one attached hydrogen (secondary N) is 3. The molecular weight excluding hydrogens is 792 g/mol. The first kappa shape index (κ1) is 39.4. The van der Waals surface area contributed by atoms with Gasteiger partial charge in [0.05, 0.1) is 28.5 Å². The van der Waals surface area contributed by atoms with Gasteiger partial charge in [-0.25, -0.2) is 4.98 Å². The molecule has 3 unspecified atom stereocenters. The van der Waals surface area contributed by atoms with Crippen molar-refractivity contribution in [3.8, 4) is 5.75 Å². The van der Waals surface area contributed by atoms with Crippen LogP contribution in [0.15, 0.2) is 53.5 Å². The van der Waals surface area contributed by atoms with Gasteiger partial charge in [0.1, 0.15) is 11.1 Å². The van der Waals surface area contributed by atoms with Crippen LogP contribution < -0.4 is 36.0 Å². The number of imide groups is 2. The van der Waals surface area contributed by atoms with E-state index in [1.165, 1.54) is 7.05 Å². The van der Waals surface area contributed by atoms with Gasteiger partial charge in [-0.05, 0) is 74.4 Å². The zero-order valence-electron chi connectivity index (χ0n) is 33.4. The van der Waals surface area contributed by atoms with E-state index < -0.39 is 29.7 Å². The molecule has 4 aliphatic heterocycles. The van der Waals surface area contributed by atoms with E-state index in [2.05, 4.69) is 35.6 Å². The Balaban J connectivity index is 0.809. The molecule has 4 aromatic rings. The van der Waals surface area contributed by atoms with E-state index >= 15 is 0 Å². The predicted octanol–water partition coefficient (Wildman–Crippen LogP) is 2.80. The fourth-order valence-corrected chi connectivity index (χ4v) is 9.41. The minimum Gasteiger partial charge on any atom is -0.478 e.